The second kappa shape index (κ2) is 8.39. The molecular weight excluding hydrogens is 470 g/mol. The van der Waals surface area contributed by atoms with Gasteiger partial charge in [0.1, 0.15) is 0 Å². The Morgan fingerprint density at radius 2 is 1.93 bits per heavy atom. The van der Waals surface area contributed by atoms with Crippen molar-refractivity contribution in [1.82, 2.24) is 4.90 Å². The van der Waals surface area contributed by atoms with E-state index >= 15 is 0 Å². The number of sulfonamides is 1. The van der Waals surface area contributed by atoms with Crippen molar-refractivity contribution < 1.29 is 18.0 Å². The van der Waals surface area contributed by atoms with Crippen LogP contribution >= 0.6 is 15.9 Å². The number of hydrogen-bond donors (Lipinski definition) is 1. The number of hydrogen-bond acceptors (Lipinski definition) is 4. The Morgan fingerprint density at radius 1 is 1.23 bits per heavy atom. The van der Waals surface area contributed by atoms with Crippen molar-refractivity contribution in [2.75, 3.05) is 29.5 Å². The Bertz CT molecular complexity index is 1120. The number of nitrogens with zero attached hydrogens (tertiary/aromatic N) is 2. The van der Waals surface area contributed by atoms with Crippen LogP contribution in [0.3, 0.4) is 0 Å². The maximum Gasteiger partial charge on any atom is 0.254 e. The Kier molecular flexibility index (Phi) is 6.24. The molecule has 0 aliphatic carbocycles. The van der Waals surface area contributed by atoms with Crippen molar-refractivity contribution in [3.63, 3.8) is 0 Å². The summed E-state index contributed by atoms with van der Waals surface area (Å²) in [6.07, 6.45) is 1.72. The Hall–Kier alpha value is -2.39. The summed E-state index contributed by atoms with van der Waals surface area (Å²) in [5.74, 6) is -0.597. The Morgan fingerprint density at radius 3 is 2.57 bits per heavy atom. The molecule has 3 rings (SSSR count). The molecule has 7 nitrogen and oxygen atoms in total. The van der Waals surface area contributed by atoms with Crippen molar-refractivity contribution in [2.45, 2.75) is 26.3 Å². The number of nitrogens with one attached hydrogen (secondary N) is 1. The van der Waals surface area contributed by atoms with Gasteiger partial charge >= 0.3 is 0 Å². The highest BCUT2D eigenvalue weighted by atomic mass is 79.9. The van der Waals surface area contributed by atoms with Gasteiger partial charge in [0.25, 0.3) is 5.91 Å². The molecule has 0 bridgehead atoms. The second-order valence-corrected chi connectivity index (χ2v) is 10.4. The number of rotatable bonds is 5. The number of amides is 2. The van der Waals surface area contributed by atoms with Crippen LogP contribution in [0.1, 0.15) is 28.4 Å². The number of fused-ring (bicyclic) bond motifs is 1. The molecule has 0 saturated heterocycles. The van der Waals surface area contributed by atoms with Gasteiger partial charge in [-0.25, -0.2) is 8.42 Å². The third-order valence-electron chi connectivity index (χ3n) is 5.03. The fourth-order valence-corrected chi connectivity index (χ4v) is 5.45. The summed E-state index contributed by atoms with van der Waals surface area (Å²) in [6.45, 7) is 3.63. The largest absolute Gasteiger partial charge is 0.332 e. The van der Waals surface area contributed by atoms with Gasteiger partial charge in [-0.15, -0.1) is 0 Å². The molecule has 0 spiro atoms. The molecule has 2 amide bonds. The first kappa shape index (κ1) is 22.3. The summed E-state index contributed by atoms with van der Waals surface area (Å²) >= 11 is 3.39. The third kappa shape index (κ3) is 4.67. The van der Waals surface area contributed by atoms with Gasteiger partial charge in [-0.1, -0.05) is 15.9 Å². The zero-order valence-electron chi connectivity index (χ0n) is 17.3. The van der Waals surface area contributed by atoms with Crippen LogP contribution in [0.2, 0.25) is 0 Å². The minimum absolute atomic E-state index is 0.0999. The van der Waals surface area contributed by atoms with E-state index in [1.807, 2.05) is 26.0 Å². The Balaban J connectivity index is 1.71. The molecule has 1 aliphatic rings. The number of halogens is 1. The van der Waals surface area contributed by atoms with E-state index in [-0.39, 0.29) is 24.4 Å². The number of likely N-dealkylation sites (N-methyl/N-ethyl adjacent to an activating group) is 1. The second-order valence-electron chi connectivity index (χ2n) is 7.62. The lowest BCUT2D eigenvalue weighted by Gasteiger charge is -2.22. The first-order valence-electron chi connectivity index (χ1n) is 9.41. The molecule has 1 aliphatic heterocycles. The summed E-state index contributed by atoms with van der Waals surface area (Å²) in [6, 6.07) is 10.3. The van der Waals surface area contributed by atoms with Crippen LogP contribution in [0, 0.1) is 6.92 Å². The molecule has 0 radical (unpaired) electrons. The van der Waals surface area contributed by atoms with Crippen LogP contribution in [0.4, 0.5) is 11.4 Å². The average Bonchev–Trinajstić information content (AvgIpc) is 2.98. The van der Waals surface area contributed by atoms with E-state index < -0.39 is 10.0 Å². The van der Waals surface area contributed by atoms with E-state index in [9.17, 15) is 18.0 Å². The highest BCUT2D eigenvalue weighted by molar-refractivity contribution is 9.10. The van der Waals surface area contributed by atoms with Crippen LogP contribution < -0.4 is 9.62 Å². The first-order chi connectivity index (χ1) is 14.0. The lowest BCUT2D eigenvalue weighted by Crippen LogP contribution is -2.35. The van der Waals surface area contributed by atoms with Crippen molar-refractivity contribution in [3.8, 4) is 0 Å². The molecule has 0 aromatic heterocycles. The van der Waals surface area contributed by atoms with Gasteiger partial charge in [0.05, 0.1) is 18.5 Å². The predicted octanol–water partition coefficient (Wildman–Crippen LogP) is 3.18. The Labute approximate surface area is 185 Å². The third-order valence-corrected chi connectivity index (χ3v) is 6.79. The lowest BCUT2D eigenvalue weighted by molar-refractivity contribution is -0.116. The molecule has 2 aromatic rings. The lowest BCUT2D eigenvalue weighted by atomic mass is 10.1. The standard InChI is InChI=1S/C21H24BrN3O4S/c1-13-9-17(22)6-7-18(13)23-20(26)12-24(3)21(27)15-5-8-19-16(11-15)10-14(2)25(19)30(4,28)29/h5-9,11,14H,10,12H2,1-4H3,(H,23,26)/t14-/m0/s1. The maximum absolute atomic E-state index is 12.8. The maximum atomic E-state index is 12.8. The van der Waals surface area contributed by atoms with Gasteiger partial charge in [0.2, 0.25) is 15.9 Å². The van der Waals surface area contributed by atoms with Crippen molar-refractivity contribution >= 4 is 49.1 Å². The topological polar surface area (TPSA) is 86.8 Å². The minimum atomic E-state index is -3.38. The van der Waals surface area contributed by atoms with Gasteiger partial charge in [-0.05, 0) is 67.8 Å². The molecule has 0 unspecified atom stereocenters. The van der Waals surface area contributed by atoms with Gasteiger partial charge < -0.3 is 10.2 Å². The fourth-order valence-electron chi connectivity index (χ4n) is 3.71. The molecule has 160 valence electrons. The molecule has 30 heavy (non-hydrogen) atoms. The normalized spacial score (nSPS) is 15.6. The number of benzene rings is 2. The van der Waals surface area contributed by atoms with Crippen molar-refractivity contribution in [2.24, 2.45) is 0 Å². The van der Waals surface area contributed by atoms with Gasteiger partial charge in [0.15, 0.2) is 0 Å². The monoisotopic (exact) mass is 493 g/mol. The van der Waals surface area contributed by atoms with Gasteiger partial charge in [-0.2, -0.15) is 0 Å². The summed E-state index contributed by atoms with van der Waals surface area (Å²) in [4.78, 5) is 26.5. The van der Waals surface area contributed by atoms with Crippen LogP contribution in [0.5, 0.6) is 0 Å². The number of carbonyl (C=O) groups is 2. The molecule has 0 saturated carbocycles. The SMILES string of the molecule is Cc1cc(Br)ccc1NC(=O)CN(C)C(=O)c1ccc2c(c1)C[C@H](C)N2S(C)(=O)=O. The van der Waals surface area contributed by atoms with E-state index in [0.29, 0.717) is 23.4 Å². The van der Waals surface area contributed by atoms with Crippen LogP contribution in [-0.2, 0) is 21.2 Å². The molecule has 1 N–H and O–H groups in total. The van der Waals surface area contributed by atoms with Crippen LogP contribution in [0.25, 0.3) is 0 Å². The summed E-state index contributed by atoms with van der Waals surface area (Å²) < 4.78 is 26.4. The summed E-state index contributed by atoms with van der Waals surface area (Å²) in [5.41, 5.74) is 3.44. The zero-order chi connectivity index (χ0) is 22.2. The molecular formula is C21H24BrN3O4S. The van der Waals surface area contributed by atoms with Crippen molar-refractivity contribution in [3.05, 3.63) is 57.6 Å². The molecule has 2 aromatic carbocycles. The van der Waals surface area contributed by atoms with E-state index in [4.69, 9.17) is 0 Å². The van der Waals surface area contributed by atoms with E-state index in [2.05, 4.69) is 21.2 Å². The number of anilines is 2. The fraction of sp³-hybridized carbons (Fsp3) is 0.333. The summed E-state index contributed by atoms with van der Waals surface area (Å²) in [5, 5.41) is 2.82. The first-order valence-corrected chi connectivity index (χ1v) is 12.1. The van der Waals surface area contributed by atoms with Gasteiger partial charge in [-0.3, -0.25) is 13.9 Å². The number of aryl methyl sites for hydroxylation is 1. The predicted molar refractivity (Wildman–Crippen MR) is 121 cm³/mol. The molecule has 9 heteroatoms. The smallest absolute Gasteiger partial charge is 0.254 e. The molecule has 0 fully saturated rings. The highest BCUT2D eigenvalue weighted by Crippen LogP contribution is 2.34. The van der Waals surface area contributed by atoms with E-state index in [1.54, 1.807) is 31.3 Å². The quantitative estimate of drug-likeness (QED) is 0.692. The molecule has 1 heterocycles. The van der Waals surface area contributed by atoms with Gasteiger partial charge in [0, 0.05) is 28.8 Å². The van der Waals surface area contributed by atoms with E-state index in [0.717, 1.165) is 15.6 Å². The summed E-state index contributed by atoms with van der Waals surface area (Å²) in [7, 11) is -1.82. The minimum Gasteiger partial charge on any atom is -0.332 e. The molecule has 1 atom stereocenters. The van der Waals surface area contributed by atoms with Crippen LogP contribution in [-0.4, -0.2) is 51.0 Å². The van der Waals surface area contributed by atoms with Crippen molar-refractivity contribution in [1.29, 1.82) is 0 Å². The van der Waals surface area contributed by atoms with Crippen LogP contribution in [0.15, 0.2) is 40.9 Å². The zero-order valence-corrected chi connectivity index (χ0v) is 19.7. The van der Waals surface area contributed by atoms with E-state index in [1.165, 1.54) is 15.5 Å². The average molecular weight is 494 g/mol. The number of carbonyl (C=O) groups excluding carboxylic acids is 2. The highest BCUT2D eigenvalue weighted by Gasteiger charge is 2.33.